The minimum absolute atomic E-state index is 0.174. The highest BCUT2D eigenvalue weighted by Crippen LogP contribution is 2.09. The van der Waals surface area contributed by atoms with Gasteiger partial charge in [0.1, 0.15) is 5.82 Å². The number of hydrogen-bond acceptors (Lipinski definition) is 5. The molecule has 0 saturated heterocycles. The highest BCUT2D eigenvalue weighted by molar-refractivity contribution is 6.36. The molecular formula is C15H17FN2O6. The van der Waals surface area contributed by atoms with Gasteiger partial charge in [0.05, 0.1) is 13.0 Å². The number of carboxylic acid groups (broad SMARTS) is 1. The van der Waals surface area contributed by atoms with Gasteiger partial charge in [-0.1, -0.05) is 12.1 Å². The van der Waals surface area contributed by atoms with Gasteiger partial charge in [-0.15, -0.1) is 0 Å². The Morgan fingerprint density at radius 1 is 1.08 bits per heavy atom. The monoisotopic (exact) mass is 340 g/mol. The van der Waals surface area contributed by atoms with Crippen LogP contribution in [0.4, 0.5) is 4.39 Å². The molecule has 8 nitrogen and oxygen atoms in total. The van der Waals surface area contributed by atoms with E-state index < -0.39 is 42.4 Å². The third-order valence-corrected chi connectivity index (χ3v) is 2.91. The van der Waals surface area contributed by atoms with Gasteiger partial charge in [-0.25, -0.2) is 14.2 Å². The molecule has 0 aliphatic rings. The number of Topliss-reactive ketones (excluding diaryl/α,β-unsaturated/α-hetero) is 1. The van der Waals surface area contributed by atoms with Crippen molar-refractivity contribution in [3.8, 4) is 0 Å². The van der Waals surface area contributed by atoms with Crippen molar-refractivity contribution in [1.82, 2.24) is 9.96 Å². The Morgan fingerprint density at radius 2 is 1.67 bits per heavy atom. The average Bonchev–Trinajstić information content (AvgIpc) is 2.52. The first-order chi connectivity index (χ1) is 11.2. The lowest BCUT2D eigenvalue weighted by Gasteiger charge is -2.22. The summed E-state index contributed by atoms with van der Waals surface area (Å²) < 4.78 is 12.9. The van der Waals surface area contributed by atoms with Gasteiger partial charge in [-0.3, -0.25) is 19.2 Å². The zero-order valence-corrected chi connectivity index (χ0v) is 13.2. The highest BCUT2D eigenvalue weighted by atomic mass is 19.1. The van der Waals surface area contributed by atoms with Crippen LogP contribution in [0, 0.1) is 5.82 Å². The molecule has 24 heavy (non-hydrogen) atoms. The first-order valence-corrected chi connectivity index (χ1v) is 6.84. The van der Waals surface area contributed by atoms with Crippen LogP contribution in [-0.4, -0.2) is 59.3 Å². The van der Waals surface area contributed by atoms with Crippen molar-refractivity contribution in [2.75, 3.05) is 20.7 Å². The van der Waals surface area contributed by atoms with E-state index in [1.807, 2.05) is 0 Å². The minimum Gasteiger partial charge on any atom is -0.475 e. The largest absolute Gasteiger partial charge is 0.475 e. The standard InChI is InChI=1S/C15H17FN2O6/c1-17(2)14(21)9-24-18(13(20)7-12(19)15(22)23)8-10-3-5-11(16)6-4-10/h3-6H,7-9H2,1-2H3,(H,22,23). The molecule has 1 N–H and O–H groups in total. The summed E-state index contributed by atoms with van der Waals surface area (Å²) in [5.41, 5.74) is 0.477. The minimum atomic E-state index is -1.74. The second-order valence-electron chi connectivity index (χ2n) is 5.02. The van der Waals surface area contributed by atoms with E-state index in [0.29, 0.717) is 5.56 Å². The number of carbonyl (C=O) groups excluding carboxylic acids is 3. The highest BCUT2D eigenvalue weighted by Gasteiger charge is 2.23. The van der Waals surface area contributed by atoms with Crippen molar-refractivity contribution in [2.24, 2.45) is 0 Å². The number of nitrogens with zero attached hydrogens (tertiary/aromatic N) is 2. The predicted molar refractivity (Wildman–Crippen MR) is 78.9 cm³/mol. The van der Waals surface area contributed by atoms with Gasteiger partial charge in [0.2, 0.25) is 5.78 Å². The van der Waals surface area contributed by atoms with Crippen LogP contribution in [0.5, 0.6) is 0 Å². The molecule has 0 atom stereocenters. The molecule has 0 saturated carbocycles. The summed E-state index contributed by atoms with van der Waals surface area (Å²) in [4.78, 5) is 51.6. The Morgan fingerprint density at radius 3 is 2.17 bits per heavy atom. The number of ketones is 1. The summed E-state index contributed by atoms with van der Waals surface area (Å²) in [5.74, 6) is -4.86. The molecule has 0 radical (unpaired) electrons. The second-order valence-corrected chi connectivity index (χ2v) is 5.02. The molecule has 9 heteroatoms. The maximum Gasteiger partial charge on any atom is 0.372 e. The number of rotatable bonds is 8. The van der Waals surface area contributed by atoms with Crippen LogP contribution >= 0.6 is 0 Å². The van der Waals surface area contributed by atoms with E-state index in [0.717, 1.165) is 5.06 Å². The average molecular weight is 340 g/mol. The van der Waals surface area contributed by atoms with E-state index in [-0.39, 0.29) is 6.54 Å². The number of aliphatic carboxylic acids is 1. The third kappa shape index (κ3) is 6.13. The van der Waals surface area contributed by atoms with Crippen LogP contribution in [0.15, 0.2) is 24.3 Å². The van der Waals surface area contributed by atoms with E-state index in [1.165, 1.54) is 43.3 Å². The molecule has 130 valence electrons. The number of hydroxylamine groups is 2. The predicted octanol–water partition coefficient (Wildman–Crippen LogP) is 0.218. The van der Waals surface area contributed by atoms with Crippen LogP contribution in [0.2, 0.25) is 0 Å². The lowest BCUT2D eigenvalue weighted by atomic mass is 10.2. The van der Waals surface area contributed by atoms with Crippen LogP contribution < -0.4 is 0 Å². The van der Waals surface area contributed by atoms with Gasteiger partial charge in [0.25, 0.3) is 11.8 Å². The summed E-state index contributed by atoms with van der Waals surface area (Å²) in [7, 11) is 2.98. The summed E-state index contributed by atoms with van der Waals surface area (Å²) in [6.07, 6.45) is -0.910. The number of halogens is 1. The van der Waals surface area contributed by atoms with E-state index in [4.69, 9.17) is 9.94 Å². The molecule has 1 aromatic carbocycles. The summed E-state index contributed by atoms with van der Waals surface area (Å²) in [5, 5.41) is 9.28. The lowest BCUT2D eigenvalue weighted by molar-refractivity contribution is -0.194. The topological polar surface area (TPSA) is 104 Å². The van der Waals surface area contributed by atoms with E-state index >= 15 is 0 Å². The molecule has 0 unspecified atom stereocenters. The molecular weight excluding hydrogens is 323 g/mol. The van der Waals surface area contributed by atoms with Gasteiger partial charge >= 0.3 is 5.97 Å². The molecule has 0 heterocycles. The number of carboxylic acids is 1. The third-order valence-electron chi connectivity index (χ3n) is 2.91. The molecule has 0 aliphatic heterocycles. The summed E-state index contributed by atoms with van der Waals surface area (Å²) in [6, 6.07) is 5.13. The van der Waals surface area contributed by atoms with Gasteiger partial charge in [-0.05, 0) is 17.7 Å². The smallest absolute Gasteiger partial charge is 0.372 e. The lowest BCUT2D eigenvalue weighted by Crippen LogP contribution is -2.37. The van der Waals surface area contributed by atoms with Gasteiger partial charge in [0, 0.05) is 14.1 Å². The Bertz CT molecular complexity index is 629. The van der Waals surface area contributed by atoms with Crippen molar-refractivity contribution >= 4 is 23.6 Å². The quantitative estimate of drug-likeness (QED) is 0.412. The Balaban J connectivity index is 2.83. The molecule has 1 aromatic rings. The Hall–Kier alpha value is -2.81. The Labute approximate surface area is 137 Å². The molecule has 2 amide bonds. The number of carbonyl (C=O) groups is 4. The van der Waals surface area contributed by atoms with Gasteiger partial charge < -0.3 is 10.0 Å². The Kier molecular flexibility index (Phi) is 6.99. The number of benzene rings is 1. The number of likely N-dealkylation sites (N-methyl/N-ethyl adjacent to an activating group) is 1. The van der Waals surface area contributed by atoms with Gasteiger partial charge in [-0.2, -0.15) is 0 Å². The molecule has 0 aliphatic carbocycles. The van der Waals surface area contributed by atoms with Crippen LogP contribution in [0.25, 0.3) is 0 Å². The van der Waals surface area contributed by atoms with Crippen LogP contribution in [-0.2, 0) is 30.6 Å². The van der Waals surface area contributed by atoms with Crippen molar-refractivity contribution < 1.29 is 33.5 Å². The van der Waals surface area contributed by atoms with Crippen LogP contribution in [0.1, 0.15) is 12.0 Å². The van der Waals surface area contributed by atoms with E-state index in [1.54, 1.807) is 0 Å². The fourth-order valence-electron chi connectivity index (χ4n) is 1.52. The molecule has 0 bridgehead atoms. The first kappa shape index (κ1) is 19.2. The van der Waals surface area contributed by atoms with Crippen molar-refractivity contribution in [3.63, 3.8) is 0 Å². The van der Waals surface area contributed by atoms with Crippen molar-refractivity contribution in [3.05, 3.63) is 35.6 Å². The molecule has 0 aromatic heterocycles. The first-order valence-electron chi connectivity index (χ1n) is 6.84. The van der Waals surface area contributed by atoms with E-state index in [9.17, 15) is 23.6 Å². The molecule has 0 spiro atoms. The number of hydrogen-bond donors (Lipinski definition) is 1. The zero-order valence-electron chi connectivity index (χ0n) is 13.2. The zero-order chi connectivity index (χ0) is 18.3. The molecule has 1 rings (SSSR count). The van der Waals surface area contributed by atoms with Crippen molar-refractivity contribution in [2.45, 2.75) is 13.0 Å². The normalized spacial score (nSPS) is 10.1. The summed E-state index contributed by atoms with van der Waals surface area (Å²) in [6.45, 7) is -0.645. The van der Waals surface area contributed by atoms with E-state index in [2.05, 4.69) is 0 Å². The van der Waals surface area contributed by atoms with Gasteiger partial charge in [0.15, 0.2) is 6.61 Å². The second kappa shape index (κ2) is 8.73. The van der Waals surface area contributed by atoms with Crippen LogP contribution in [0.3, 0.4) is 0 Å². The maximum absolute atomic E-state index is 12.9. The maximum atomic E-state index is 12.9. The SMILES string of the molecule is CN(C)C(=O)CON(Cc1ccc(F)cc1)C(=O)CC(=O)C(=O)O. The molecule has 0 fully saturated rings. The fraction of sp³-hybridized carbons (Fsp3) is 0.333. The fourth-order valence-corrected chi connectivity index (χ4v) is 1.52. The number of amides is 2. The summed E-state index contributed by atoms with van der Waals surface area (Å²) >= 11 is 0. The van der Waals surface area contributed by atoms with Crippen molar-refractivity contribution in [1.29, 1.82) is 0 Å².